The summed E-state index contributed by atoms with van der Waals surface area (Å²) in [5.74, 6) is 0.498. The van der Waals surface area contributed by atoms with Gasteiger partial charge in [-0.15, -0.1) is 0 Å². The van der Waals surface area contributed by atoms with Gasteiger partial charge < -0.3 is 5.32 Å². The Labute approximate surface area is 179 Å². The molecule has 0 aliphatic carbocycles. The van der Waals surface area contributed by atoms with Crippen molar-refractivity contribution in [2.45, 2.75) is 32.4 Å². The summed E-state index contributed by atoms with van der Waals surface area (Å²) in [6.07, 6.45) is 0. The summed E-state index contributed by atoms with van der Waals surface area (Å²) in [6, 6.07) is 26.3. The third-order valence-electron chi connectivity index (χ3n) is 5.85. The van der Waals surface area contributed by atoms with Gasteiger partial charge in [0.15, 0.2) is 0 Å². The van der Waals surface area contributed by atoms with Crippen molar-refractivity contribution in [3.63, 3.8) is 0 Å². The summed E-state index contributed by atoms with van der Waals surface area (Å²) in [5, 5.41) is 4.36. The predicted molar refractivity (Wildman–Crippen MR) is 123 cm³/mol. The van der Waals surface area contributed by atoms with Gasteiger partial charge in [-0.2, -0.15) is 0 Å². The molecule has 1 N–H and O–H groups in total. The zero-order valence-electron chi connectivity index (χ0n) is 17.2. The average Bonchev–Trinajstić information content (AvgIpc) is 2.74. The van der Waals surface area contributed by atoms with Gasteiger partial charge in [-0.25, -0.2) is 0 Å². The summed E-state index contributed by atoms with van der Waals surface area (Å²) in [7, 11) is 0. The van der Waals surface area contributed by atoms with Crippen molar-refractivity contribution in [1.29, 1.82) is 0 Å². The molecular weight excluding hydrogens is 376 g/mol. The van der Waals surface area contributed by atoms with Crippen LogP contribution in [0.4, 0.5) is 0 Å². The van der Waals surface area contributed by atoms with E-state index in [9.17, 15) is 0 Å². The Morgan fingerprint density at radius 3 is 2.52 bits per heavy atom. The second-order valence-electron chi connectivity index (χ2n) is 8.14. The monoisotopic (exact) mass is 404 g/mol. The lowest BCUT2D eigenvalue weighted by Gasteiger charge is -2.37. The van der Waals surface area contributed by atoms with Crippen LogP contribution in [0, 0.1) is 0 Å². The maximum Gasteiger partial charge on any atom is 0.0477 e. The molecule has 0 saturated carbocycles. The van der Waals surface area contributed by atoms with Crippen molar-refractivity contribution in [1.82, 2.24) is 10.2 Å². The van der Waals surface area contributed by atoms with Gasteiger partial charge >= 0.3 is 0 Å². The van der Waals surface area contributed by atoms with Crippen LogP contribution >= 0.6 is 11.6 Å². The van der Waals surface area contributed by atoms with Crippen LogP contribution < -0.4 is 5.32 Å². The fourth-order valence-electron chi connectivity index (χ4n) is 4.36. The zero-order chi connectivity index (χ0) is 20.2. The molecule has 0 spiro atoms. The van der Waals surface area contributed by atoms with Crippen LogP contribution in [0.15, 0.2) is 72.8 Å². The fraction of sp³-hybridized carbons (Fsp3) is 0.308. The van der Waals surface area contributed by atoms with Crippen LogP contribution in [0.5, 0.6) is 0 Å². The van der Waals surface area contributed by atoms with Gasteiger partial charge in [-0.05, 0) is 45.9 Å². The summed E-state index contributed by atoms with van der Waals surface area (Å²) in [4.78, 5) is 2.58. The summed E-state index contributed by atoms with van der Waals surface area (Å²) >= 11 is 6.29. The van der Waals surface area contributed by atoms with Crippen molar-refractivity contribution < 1.29 is 0 Å². The third kappa shape index (κ3) is 4.56. The lowest BCUT2D eigenvalue weighted by molar-refractivity contribution is 0.154. The largest absolute Gasteiger partial charge is 0.314 e. The lowest BCUT2D eigenvalue weighted by atomic mass is 9.90. The molecule has 1 unspecified atom stereocenters. The number of hydrogen-bond acceptors (Lipinski definition) is 2. The molecule has 3 aromatic rings. The van der Waals surface area contributed by atoms with E-state index in [0.29, 0.717) is 12.0 Å². The number of piperazine rings is 1. The van der Waals surface area contributed by atoms with Crippen molar-refractivity contribution in [2.75, 3.05) is 19.6 Å². The van der Waals surface area contributed by atoms with Crippen molar-refractivity contribution >= 4 is 11.6 Å². The molecule has 1 atom stereocenters. The molecule has 0 bridgehead atoms. The first-order valence-corrected chi connectivity index (χ1v) is 10.9. The second kappa shape index (κ2) is 9.13. The third-order valence-corrected chi connectivity index (χ3v) is 6.09. The van der Waals surface area contributed by atoms with E-state index in [2.05, 4.69) is 90.8 Å². The van der Waals surface area contributed by atoms with Crippen molar-refractivity contribution in [3.8, 4) is 11.1 Å². The number of nitrogens with one attached hydrogen (secondary N) is 1. The molecule has 3 aromatic carbocycles. The van der Waals surface area contributed by atoms with Crippen LogP contribution in [0.1, 0.15) is 42.5 Å². The zero-order valence-corrected chi connectivity index (χ0v) is 18.0. The van der Waals surface area contributed by atoms with Crippen LogP contribution in [0.3, 0.4) is 0 Å². The molecular formula is C26H29ClN2. The van der Waals surface area contributed by atoms with E-state index in [1.807, 2.05) is 6.07 Å². The minimum absolute atomic E-state index is 0.329. The number of halogens is 1. The standard InChI is InChI=1S/C26H29ClN2/c1-19(2)23-11-5-6-13-25(23)24-12-4-3-8-21(24)18-29-15-14-28-17-26(29)20-9-7-10-22(27)16-20/h3-13,16,19,26,28H,14-15,17-18H2,1-2H3. The first-order chi connectivity index (χ1) is 14.1. The summed E-state index contributed by atoms with van der Waals surface area (Å²) in [6.45, 7) is 8.46. The molecule has 1 fully saturated rings. The number of hydrogen-bond donors (Lipinski definition) is 1. The Bertz CT molecular complexity index is 966. The predicted octanol–water partition coefficient (Wildman–Crippen LogP) is 6.28. The highest BCUT2D eigenvalue weighted by Gasteiger charge is 2.25. The van der Waals surface area contributed by atoms with Gasteiger partial charge in [0.1, 0.15) is 0 Å². The Balaban J connectivity index is 1.68. The van der Waals surface area contributed by atoms with Gasteiger partial charge in [0.05, 0.1) is 0 Å². The molecule has 29 heavy (non-hydrogen) atoms. The second-order valence-corrected chi connectivity index (χ2v) is 8.58. The fourth-order valence-corrected chi connectivity index (χ4v) is 4.56. The van der Waals surface area contributed by atoms with E-state index < -0.39 is 0 Å². The van der Waals surface area contributed by atoms with Crippen LogP contribution in [0.2, 0.25) is 5.02 Å². The first-order valence-electron chi connectivity index (χ1n) is 10.5. The Morgan fingerprint density at radius 2 is 1.72 bits per heavy atom. The quantitative estimate of drug-likeness (QED) is 0.538. The van der Waals surface area contributed by atoms with Crippen molar-refractivity contribution in [3.05, 3.63) is 94.5 Å². The van der Waals surface area contributed by atoms with Gasteiger partial charge in [0.2, 0.25) is 0 Å². The minimum atomic E-state index is 0.329. The van der Waals surface area contributed by atoms with E-state index in [1.165, 1.54) is 27.8 Å². The van der Waals surface area contributed by atoms with E-state index in [4.69, 9.17) is 11.6 Å². The number of nitrogens with zero attached hydrogens (tertiary/aromatic N) is 1. The van der Waals surface area contributed by atoms with E-state index >= 15 is 0 Å². The maximum atomic E-state index is 6.29. The highest BCUT2D eigenvalue weighted by atomic mass is 35.5. The van der Waals surface area contributed by atoms with E-state index in [-0.39, 0.29) is 0 Å². The summed E-state index contributed by atoms with van der Waals surface area (Å²) in [5.41, 5.74) is 6.78. The molecule has 4 rings (SSSR count). The van der Waals surface area contributed by atoms with Gasteiger partial charge in [0, 0.05) is 37.2 Å². The van der Waals surface area contributed by atoms with E-state index in [1.54, 1.807) is 0 Å². The van der Waals surface area contributed by atoms with Gasteiger partial charge in [0.25, 0.3) is 0 Å². The van der Waals surface area contributed by atoms with Crippen LogP contribution in [-0.2, 0) is 6.54 Å². The molecule has 1 saturated heterocycles. The normalized spacial score (nSPS) is 17.6. The Hall–Kier alpha value is -2.13. The molecule has 0 amide bonds. The summed E-state index contributed by atoms with van der Waals surface area (Å²) < 4.78 is 0. The van der Waals surface area contributed by atoms with Crippen molar-refractivity contribution in [2.24, 2.45) is 0 Å². The minimum Gasteiger partial charge on any atom is -0.314 e. The van der Waals surface area contributed by atoms with Gasteiger partial charge in [-0.1, -0.05) is 86.1 Å². The lowest BCUT2D eigenvalue weighted by Crippen LogP contribution is -2.45. The average molecular weight is 405 g/mol. The molecule has 0 radical (unpaired) electrons. The highest BCUT2D eigenvalue weighted by molar-refractivity contribution is 6.30. The number of rotatable bonds is 5. The topological polar surface area (TPSA) is 15.3 Å². The number of benzene rings is 3. The Kier molecular flexibility index (Phi) is 6.34. The first kappa shape index (κ1) is 20.2. The van der Waals surface area contributed by atoms with Crippen LogP contribution in [0.25, 0.3) is 11.1 Å². The molecule has 1 heterocycles. The molecule has 2 nitrogen and oxygen atoms in total. The molecule has 1 aliphatic rings. The molecule has 3 heteroatoms. The van der Waals surface area contributed by atoms with Crippen LogP contribution in [-0.4, -0.2) is 24.5 Å². The smallest absolute Gasteiger partial charge is 0.0477 e. The SMILES string of the molecule is CC(C)c1ccccc1-c1ccccc1CN1CCNCC1c1cccc(Cl)c1. The molecule has 0 aromatic heterocycles. The molecule has 150 valence electrons. The maximum absolute atomic E-state index is 6.29. The van der Waals surface area contributed by atoms with E-state index in [0.717, 1.165) is 31.2 Å². The van der Waals surface area contributed by atoms with Gasteiger partial charge in [-0.3, -0.25) is 4.90 Å². The Morgan fingerprint density at radius 1 is 0.966 bits per heavy atom. The molecule has 1 aliphatic heterocycles. The highest BCUT2D eigenvalue weighted by Crippen LogP contribution is 2.33.